The molecule has 1 atom stereocenters. The maximum absolute atomic E-state index is 10.6. The van der Waals surface area contributed by atoms with E-state index in [-0.39, 0.29) is 11.6 Å². The summed E-state index contributed by atoms with van der Waals surface area (Å²) in [7, 11) is 0. The predicted molar refractivity (Wildman–Crippen MR) is 53.4 cm³/mol. The second kappa shape index (κ2) is 4.89. The van der Waals surface area contributed by atoms with E-state index in [4.69, 9.17) is 14.6 Å². The standard InChI is InChI=1S/C10H12N2O4/c13-10(14)8-3-11-4-9(12-8)16-6-7-1-2-15-5-7/h3-4,7H,1-2,5-6H2,(H,13,14). The van der Waals surface area contributed by atoms with Gasteiger partial charge in [-0.3, -0.25) is 4.98 Å². The number of aromatic nitrogens is 2. The van der Waals surface area contributed by atoms with Gasteiger partial charge in [0.05, 0.1) is 25.6 Å². The van der Waals surface area contributed by atoms with Gasteiger partial charge in [-0.15, -0.1) is 0 Å². The number of hydrogen-bond acceptors (Lipinski definition) is 5. The lowest BCUT2D eigenvalue weighted by Gasteiger charge is -2.08. The lowest BCUT2D eigenvalue weighted by molar-refractivity contribution is 0.0688. The molecule has 1 unspecified atom stereocenters. The van der Waals surface area contributed by atoms with E-state index >= 15 is 0 Å². The van der Waals surface area contributed by atoms with Crippen molar-refractivity contribution in [1.29, 1.82) is 0 Å². The molecule has 2 rings (SSSR count). The van der Waals surface area contributed by atoms with Gasteiger partial charge in [-0.2, -0.15) is 0 Å². The summed E-state index contributed by atoms with van der Waals surface area (Å²) in [5.74, 6) is -0.510. The van der Waals surface area contributed by atoms with Crippen LogP contribution in [0.2, 0.25) is 0 Å². The third kappa shape index (κ3) is 2.66. The molecule has 1 aromatic heterocycles. The molecule has 1 aliphatic rings. The Morgan fingerprint density at radius 3 is 3.19 bits per heavy atom. The highest BCUT2D eigenvalue weighted by Crippen LogP contribution is 2.14. The minimum Gasteiger partial charge on any atom is -0.476 e. The average molecular weight is 224 g/mol. The Labute approximate surface area is 92.2 Å². The molecule has 86 valence electrons. The number of hydrogen-bond donors (Lipinski definition) is 1. The summed E-state index contributed by atoms with van der Waals surface area (Å²) in [5.41, 5.74) is -0.111. The largest absolute Gasteiger partial charge is 0.476 e. The Morgan fingerprint density at radius 1 is 1.62 bits per heavy atom. The van der Waals surface area contributed by atoms with Crippen molar-refractivity contribution < 1.29 is 19.4 Å². The molecule has 6 nitrogen and oxygen atoms in total. The normalized spacial score (nSPS) is 19.6. The molecule has 0 bridgehead atoms. The Morgan fingerprint density at radius 2 is 2.50 bits per heavy atom. The molecule has 0 amide bonds. The van der Waals surface area contributed by atoms with Crippen molar-refractivity contribution in [2.24, 2.45) is 5.92 Å². The van der Waals surface area contributed by atoms with Gasteiger partial charge in [0.25, 0.3) is 0 Å². The van der Waals surface area contributed by atoms with Gasteiger partial charge < -0.3 is 14.6 Å². The molecule has 0 saturated carbocycles. The zero-order chi connectivity index (χ0) is 11.4. The van der Waals surface area contributed by atoms with E-state index in [1.165, 1.54) is 12.4 Å². The third-order valence-corrected chi connectivity index (χ3v) is 2.32. The number of aromatic carboxylic acids is 1. The molecule has 1 N–H and O–H groups in total. The van der Waals surface area contributed by atoms with Gasteiger partial charge in [-0.05, 0) is 6.42 Å². The first-order valence-electron chi connectivity index (χ1n) is 5.01. The second-order valence-electron chi connectivity index (χ2n) is 3.59. The van der Waals surface area contributed by atoms with Crippen molar-refractivity contribution in [1.82, 2.24) is 9.97 Å². The van der Waals surface area contributed by atoms with E-state index in [1.807, 2.05) is 0 Å². The SMILES string of the molecule is O=C(O)c1cncc(OCC2CCOC2)n1. The highest BCUT2D eigenvalue weighted by Gasteiger charge is 2.16. The fourth-order valence-electron chi connectivity index (χ4n) is 1.44. The van der Waals surface area contributed by atoms with Crippen molar-refractivity contribution in [2.75, 3.05) is 19.8 Å². The number of carboxylic acids is 1. The smallest absolute Gasteiger partial charge is 0.356 e. The summed E-state index contributed by atoms with van der Waals surface area (Å²) >= 11 is 0. The third-order valence-electron chi connectivity index (χ3n) is 2.32. The second-order valence-corrected chi connectivity index (χ2v) is 3.59. The molecule has 1 saturated heterocycles. The molecule has 0 aliphatic carbocycles. The monoisotopic (exact) mass is 224 g/mol. The van der Waals surface area contributed by atoms with Crippen LogP contribution < -0.4 is 4.74 Å². The van der Waals surface area contributed by atoms with E-state index in [9.17, 15) is 4.79 Å². The topological polar surface area (TPSA) is 81.5 Å². The van der Waals surface area contributed by atoms with Crippen LogP contribution in [-0.4, -0.2) is 40.9 Å². The summed E-state index contributed by atoms with van der Waals surface area (Å²) in [6.45, 7) is 1.93. The summed E-state index contributed by atoms with van der Waals surface area (Å²) in [4.78, 5) is 18.2. The molecule has 1 fully saturated rings. The first-order chi connectivity index (χ1) is 7.75. The molecule has 0 radical (unpaired) electrons. The zero-order valence-corrected chi connectivity index (χ0v) is 8.63. The van der Waals surface area contributed by atoms with Crippen LogP contribution in [0.3, 0.4) is 0 Å². The predicted octanol–water partition coefficient (Wildman–Crippen LogP) is 0.590. The van der Waals surface area contributed by atoms with Crippen molar-refractivity contribution in [3.05, 3.63) is 18.1 Å². The summed E-state index contributed by atoms with van der Waals surface area (Å²) in [5, 5.41) is 8.71. The Hall–Kier alpha value is -1.69. The molecule has 6 heteroatoms. The van der Waals surface area contributed by atoms with E-state index < -0.39 is 5.97 Å². The van der Waals surface area contributed by atoms with Gasteiger partial charge in [-0.25, -0.2) is 9.78 Å². The van der Waals surface area contributed by atoms with Gasteiger partial charge in [0.15, 0.2) is 5.69 Å². The molecule has 0 spiro atoms. The minimum absolute atomic E-state index is 0.111. The van der Waals surface area contributed by atoms with Gasteiger partial charge in [-0.1, -0.05) is 0 Å². The van der Waals surface area contributed by atoms with Crippen LogP contribution in [0, 0.1) is 5.92 Å². The average Bonchev–Trinajstić information content (AvgIpc) is 2.79. The minimum atomic E-state index is -1.11. The number of carboxylic acid groups (broad SMARTS) is 1. The van der Waals surface area contributed by atoms with Crippen molar-refractivity contribution in [3.8, 4) is 5.88 Å². The number of ether oxygens (including phenoxy) is 2. The van der Waals surface area contributed by atoms with Crippen LogP contribution in [0.1, 0.15) is 16.9 Å². The highest BCUT2D eigenvalue weighted by molar-refractivity contribution is 5.84. The van der Waals surface area contributed by atoms with Crippen molar-refractivity contribution in [3.63, 3.8) is 0 Å². The molecular formula is C10H12N2O4. The van der Waals surface area contributed by atoms with Crippen LogP contribution in [0.15, 0.2) is 12.4 Å². The lowest BCUT2D eigenvalue weighted by Crippen LogP contribution is -2.13. The lowest BCUT2D eigenvalue weighted by atomic mass is 10.1. The summed E-state index contributed by atoms with van der Waals surface area (Å²) < 4.78 is 10.6. The van der Waals surface area contributed by atoms with E-state index in [1.54, 1.807) is 0 Å². The number of rotatable bonds is 4. The van der Waals surface area contributed by atoms with E-state index in [0.717, 1.165) is 13.0 Å². The number of carbonyl (C=O) groups is 1. The van der Waals surface area contributed by atoms with E-state index in [0.29, 0.717) is 19.1 Å². The molecule has 2 heterocycles. The Balaban J connectivity index is 1.93. The van der Waals surface area contributed by atoms with Crippen LogP contribution in [0.4, 0.5) is 0 Å². The fourth-order valence-corrected chi connectivity index (χ4v) is 1.44. The molecule has 0 aromatic carbocycles. The first kappa shape index (κ1) is 10.8. The quantitative estimate of drug-likeness (QED) is 0.806. The molecular weight excluding hydrogens is 212 g/mol. The zero-order valence-electron chi connectivity index (χ0n) is 8.63. The van der Waals surface area contributed by atoms with Gasteiger partial charge in [0, 0.05) is 12.5 Å². The highest BCUT2D eigenvalue weighted by atomic mass is 16.5. The molecule has 1 aliphatic heterocycles. The van der Waals surface area contributed by atoms with Crippen LogP contribution in [0.25, 0.3) is 0 Å². The van der Waals surface area contributed by atoms with Crippen LogP contribution in [-0.2, 0) is 4.74 Å². The molecule has 16 heavy (non-hydrogen) atoms. The van der Waals surface area contributed by atoms with Crippen LogP contribution >= 0.6 is 0 Å². The maximum Gasteiger partial charge on any atom is 0.356 e. The summed E-state index contributed by atoms with van der Waals surface area (Å²) in [6, 6.07) is 0. The Kier molecular flexibility index (Phi) is 3.31. The maximum atomic E-state index is 10.6. The van der Waals surface area contributed by atoms with Crippen molar-refractivity contribution in [2.45, 2.75) is 6.42 Å². The van der Waals surface area contributed by atoms with Gasteiger partial charge in [0.1, 0.15) is 0 Å². The van der Waals surface area contributed by atoms with Gasteiger partial charge in [0.2, 0.25) is 5.88 Å². The van der Waals surface area contributed by atoms with Crippen LogP contribution in [0.5, 0.6) is 5.88 Å². The summed E-state index contributed by atoms with van der Waals surface area (Å²) in [6.07, 6.45) is 3.56. The fraction of sp³-hybridized carbons (Fsp3) is 0.500. The Bertz CT molecular complexity index is 377. The first-order valence-corrected chi connectivity index (χ1v) is 5.01. The van der Waals surface area contributed by atoms with Crippen molar-refractivity contribution >= 4 is 5.97 Å². The van der Waals surface area contributed by atoms with E-state index in [2.05, 4.69) is 9.97 Å². The molecule has 1 aromatic rings. The van der Waals surface area contributed by atoms with Gasteiger partial charge >= 0.3 is 5.97 Å². The number of nitrogens with zero attached hydrogens (tertiary/aromatic N) is 2.